The van der Waals surface area contributed by atoms with Crippen LogP contribution in [0.2, 0.25) is 0 Å². The molecule has 0 spiro atoms. The van der Waals surface area contributed by atoms with Gasteiger partial charge in [-0.25, -0.2) is 14.5 Å². The quantitative estimate of drug-likeness (QED) is 0.465. The van der Waals surface area contributed by atoms with Crippen LogP contribution in [0.1, 0.15) is 35.2 Å². The fraction of sp³-hybridized carbons (Fsp3) is 0.292. The van der Waals surface area contributed by atoms with Gasteiger partial charge in [0.15, 0.2) is 0 Å². The van der Waals surface area contributed by atoms with E-state index in [0.717, 1.165) is 54.2 Å². The lowest BCUT2D eigenvalue weighted by Gasteiger charge is -2.31. The topological polar surface area (TPSA) is 63.1 Å². The van der Waals surface area contributed by atoms with E-state index in [9.17, 15) is 4.79 Å². The van der Waals surface area contributed by atoms with Crippen molar-refractivity contribution in [1.29, 1.82) is 0 Å². The Balaban J connectivity index is 1.23. The summed E-state index contributed by atoms with van der Waals surface area (Å²) < 4.78 is 3.13. The fourth-order valence-corrected chi connectivity index (χ4v) is 5.34. The van der Waals surface area contributed by atoms with Crippen molar-refractivity contribution in [2.75, 3.05) is 18.4 Å². The van der Waals surface area contributed by atoms with Gasteiger partial charge in [0.25, 0.3) is 0 Å². The van der Waals surface area contributed by atoms with Crippen molar-refractivity contribution in [3.8, 4) is 5.69 Å². The zero-order valence-electron chi connectivity index (χ0n) is 17.7. The number of amides is 2. The van der Waals surface area contributed by atoms with Crippen molar-refractivity contribution in [3.63, 3.8) is 0 Å². The summed E-state index contributed by atoms with van der Waals surface area (Å²) in [6, 6.07) is 18.1. The Morgan fingerprint density at radius 3 is 2.61 bits per heavy atom. The molecule has 3 heterocycles. The summed E-state index contributed by atoms with van der Waals surface area (Å²) in [6.45, 7) is 5.49. The molecule has 0 unspecified atom stereocenters. The van der Waals surface area contributed by atoms with E-state index in [-0.39, 0.29) is 6.03 Å². The summed E-state index contributed by atoms with van der Waals surface area (Å²) in [6.07, 6.45) is 1.89. The van der Waals surface area contributed by atoms with E-state index in [2.05, 4.69) is 28.6 Å². The number of carbonyl (C=O) groups excluding carboxylic acids is 1. The molecule has 2 aromatic carbocycles. The van der Waals surface area contributed by atoms with Gasteiger partial charge in [0.2, 0.25) is 0 Å². The highest BCUT2D eigenvalue weighted by atomic mass is 32.1. The second kappa shape index (κ2) is 8.15. The molecule has 1 N–H and O–H groups in total. The molecule has 31 heavy (non-hydrogen) atoms. The van der Waals surface area contributed by atoms with Crippen LogP contribution >= 0.6 is 11.3 Å². The predicted octanol–water partition coefficient (Wildman–Crippen LogP) is 5.51. The smallest absolute Gasteiger partial charge is 0.321 e. The van der Waals surface area contributed by atoms with Crippen LogP contribution in [0.5, 0.6) is 0 Å². The van der Waals surface area contributed by atoms with Gasteiger partial charge >= 0.3 is 6.03 Å². The molecule has 1 aliphatic rings. The van der Waals surface area contributed by atoms with Gasteiger partial charge in [0, 0.05) is 30.4 Å². The minimum absolute atomic E-state index is 0.0479. The molecule has 0 bridgehead atoms. The number of rotatable bonds is 3. The Morgan fingerprint density at radius 2 is 1.87 bits per heavy atom. The van der Waals surface area contributed by atoms with Gasteiger partial charge in [-0.3, -0.25) is 0 Å². The summed E-state index contributed by atoms with van der Waals surface area (Å²) in [5, 5.41) is 8.78. The third kappa shape index (κ3) is 4.05. The number of hydrogen-bond donors (Lipinski definition) is 1. The number of likely N-dealkylation sites (tertiary alicyclic amines) is 1. The minimum Gasteiger partial charge on any atom is -0.324 e. The van der Waals surface area contributed by atoms with Crippen LogP contribution in [-0.4, -0.2) is 38.8 Å². The first-order chi connectivity index (χ1) is 15.1. The molecule has 5 rings (SSSR count). The molecule has 1 fully saturated rings. The second-order valence-electron chi connectivity index (χ2n) is 8.10. The fourth-order valence-electron chi connectivity index (χ4n) is 4.20. The Bertz CT molecular complexity index is 1200. The van der Waals surface area contributed by atoms with E-state index in [0.29, 0.717) is 5.92 Å². The van der Waals surface area contributed by atoms with Crippen LogP contribution in [-0.2, 0) is 0 Å². The number of carbonyl (C=O) groups is 1. The number of hydrogen-bond acceptors (Lipinski definition) is 4. The van der Waals surface area contributed by atoms with Crippen LogP contribution in [0.4, 0.5) is 10.5 Å². The number of para-hydroxylation sites is 1. The zero-order chi connectivity index (χ0) is 21.4. The summed E-state index contributed by atoms with van der Waals surface area (Å²) in [4.78, 5) is 19.6. The average Bonchev–Trinajstić information content (AvgIpc) is 3.36. The van der Waals surface area contributed by atoms with Gasteiger partial charge < -0.3 is 10.2 Å². The number of piperidine rings is 1. The standard InChI is InChI=1S/C24H25N5OS/c1-16-14-17(2)29(27-16)20-7-5-6-19(15-20)25-24(30)28-12-10-18(11-13-28)23-26-21-8-3-4-9-22(21)31-23/h3-9,14-15,18H,10-13H2,1-2H3,(H,25,30). The van der Waals surface area contributed by atoms with Crippen LogP contribution < -0.4 is 5.32 Å². The number of thiazole rings is 1. The number of anilines is 1. The zero-order valence-corrected chi connectivity index (χ0v) is 18.5. The summed E-state index contributed by atoms with van der Waals surface area (Å²) in [7, 11) is 0. The van der Waals surface area contributed by atoms with Gasteiger partial charge in [0.1, 0.15) is 0 Å². The number of nitrogens with one attached hydrogen (secondary N) is 1. The molecule has 1 saturated heterocycles. The number of benzene rings is 2. The van der Waals surface area contributed by atoms with Crippen molar-refractivity contribution < 1.29 is 4.79 Å². The lowest BCUT2D eigenvalue weighted by atomic mass is 9.98. The Morgan fingerprint density at radius 1 is 1.06 bits per heavy atom. The molecular weight excluding hydrogens is 406 g/mol. The molecule has 7 heteroatoms. The number of aryl methyl sites for hydroxylation is 2. The highest BCUT2D eigenvalue weighted by molar-refractivity contribution is 7.18. The van der Waals surface area contributed by atoms with Crippen LogP contribution in [0.3, 0.4) is 0 Å². The third-order valence-electron chi connectivity index (χ3n) is 5.79. The lowest BCUT2D eigenvalue weighted by molar-refractivity contribution is 0.194. The first-order valence-electron chi connectivity index (χ1n) is 10.6. The van der Waals surface area contributed by atoms with Crippen LogP contribution in [0.15, 0.2) is 54.6 Å². The maximum atomic E-state index is 12.8. The largest absolute Gasteiger partial charge is 0.324 e. The Kier molecular flexibility index (Phi) is 5.19. The number of nitrogens with zero attached hydrogens (tertiary/aromatic N) is 4. The summed E-state index contributed by atoms with van der Waals surface area (Å²) in [5.41, 5.74) is 4.84. The van der Waals surface area contributed by atoms with Crippen molar-refractivity contribution in [2.24, 2.45) is 0 Å². The van der Waals surface area contributed by atoms with Crippen molar-refractivity contribution in [3.05, 3.63) is 71.0 Å². The molecule has 4 aromatic rings. The van der Waals surface area contributed by atoms with Crippen molar-refractivity contribution in [2.45, 2.75) is 32.6 Å². The molecule has 0 atom stereocenters. The SMILES string of the molecule is Cc1cc(C)n(-c2cccc(NC(=O)N3CCC(c4nc5ccccc5s4)CC3)c2)n1. The first kappa shape index (κ1) is 19.8. The van der Waals surface area contributed by atoms with Crippen molar-refractivity contribution in [1.82, 2.24) is 19.7 Å². The van der Waals surface area contributed by atoms with E-state index in [1.54, 1.807) is 11.3 Å². The molecule has 1 aliphatic heterocycles. The van der Waals surface area contributed by atoms with E-state index in [1.807, 2.05) is 59.8 Å². The van der Waals surface area contributed by atoms with E-state index in [1.165, 1.54) is 9.71 Å². The molecular formula is C24H25N5OS. The molecule has 0 saturated carbocycles. The molecule has 158 valence electrons. The third-order valence-corrected chi connectivity index (χ3v) is 6.99. The summed E-state index contributed by atoms with van der Waals surface area (Å²) >= 11 is 1.78. The van der Waals surface area contributed by atoms with Crippen LogP contribution in [0.25, 0.3) is 15.9 Å². The number of urea groups is 1. The maximum Gasteiger partial charge on any atom is 0.321 e. The first-order valence-corrected chi connectivity index (χ1v) is 11.4. The highest BCUT2D eigenvalue weighted by Gasteiger charge is 2.26. The van der Waals surface area contributed by atoms with Gasteiger partial charge in [-0.15, -0.1) is 11.3 Å². The predicted molar refractivity (Wildman–Crippen MR) is 125 cm³/mol. The van der Waals surface area contributed by atoms with Gasteiger partial charge in [0.05, 0.1) is 26.6 Å². The maximum absolute atomic E-state index is 12.8. The number of fused-ring (bicyclic) bond motifs is 1. The average molecular weight is 432 g/mol. The molecule has 0 aliphatic carbocycles. The highest BCUT2D eigenvalue weighted by Crippen LogP contribution is 2.34. The van der Waals surface area contributed by atoms with E-state index in [4.69, 9.17) is 4.98 Å². The van der Waals surface area contributed by atoms with Gasteiger partial charge in [-0.1, -0.05) is 18.2 Å². The normalized spacial score (nSPS) is 14.8. The van der Waals surface area contributed by atoms with Gasteiger partial charge in [-0.2, -0.15) is 5.10 Å². The van der Waals surface area contributed by atoms with Crippen LogP contribution in [0, 0.1) is 13.8 Å². The molecule has 6 nitrogen and oxygen atoms in total. The number of aromatic nitrogens is 3. The molecule has 0 radical (unpaired) electrons. The van der Waals surface area contributed by atoms with Gasteiger partial charge in [-0.05, 0) is 63.1 Å². The Hall–Kier alpha value is -3.19. The monoisotopic (exact) mass is 431 g/mol. The minimum atomic E-state index is -0.0479. The summed E-state index contributed by atoms with van der Waals surface area (Å²) in [5.74, 6) is 0.427. The van der Waals surface area contributed by atoms with E-state index < -0.39 is 0 Å². The van der Waals surface area contributed by atoms with Crippen molar-refractivity contribution >= 4 is 33.3 Å². The molecule has 2 aromatic heterocycles. The molecule has 2 amide bonds. The van der Waals surface area contributed by atoms with E-state index >= 15 is 0 Å². The lowest BCUT2D eigenvalue weighted by Crippen LogP contribution is -2.40. The second-order valence-corrected chi connectivity index (χ2v) is 9.16. The Labute approximate surface area is 185 Å².